The van der Waals surface area contributed by atoms with Crippen molar-refractivity contribution in [3.63, 3.8) is 0 Å². The highest BCUT2D eigenvalue weighted by molar-refractivity contribution is 7.80. The predicted octanol–water partition coefficient (Wildman–Crippen LogP) is 4.17. The van der Waals surface area contributed by atoms with E-state index in [9.17, 15) is 4.79 Å². The van der Waals surface area contributed by atoms with E-state index in [-0.39, 0.29) is 11.9 Å². The summed E-state index contributed by atoms with van der Waals surface area (Å²) in [5, 5.41) is 7.08. The SMILES string of the molecule is Cc1ccc([C@H](C)NC(=S)Nc2cccc(N3CCCC3=O)c2)cc1. The maximum atomic E-state index is 11.9. The lowest BCUT2D eigenvalue weighted by atomic mass is 10.1. The first-order valence-corrected chi connectivity index (χ1v) is 8.98. The number of carbonyl (C=O) groups excluding carboxylic acids is 1. The van der Waals surface area contributed by atoms with Crippen molar-refractivity contribution in [2.24, 2.45) is 0 Å². The van der Waals surface area contributed by atoms with Crippen LogP contribution < -0.4 is 15.5 Å². The standard InChI is InChI=1S/C20H23N3OS/c1-14-8-10-16(11-9-14)15(2)21-20(25)22-17-5-3-6-18(13-17)23-12-4-7-19(23)24/h3,5-6,8-11,13,15H,4,7,12H2,1-2H3,(H2,21,22,25)/t15-/m0/s1. The summed E-state index contributed by atoms with van der Waals surface area (Å²) < 4.78 is 0. The predicted molar refractivity (Wildman–Crippen MR) is 107 cm³/mol. The number of nitrogens with one attached hydrogen (secondary N) is 2. The van der Waals surface area contributed by atoms with E-state index in [1.807, 2.05) is 29.2 Å². The molecular weight excluding hydrogens is 330 g/mol. The minimum Gasteiger partial charge on any atom is -0.356 e. The fraction of sp³-hybridized carbons (Fsp3) is 0.300. The van der Waals surface area contributed by atoms with E-state index in [1.165, 1.54) is 11.1 Å². The molecule has 5 heteroatoms. The third kappa shape index (κ3) is 4.37. The number of anilines is 2. The Morgan fingerprint density at radius 2 is 1.96 bits per heavy atom. The topological polar surface area (TPSA) is 44.4 Å². The summed E-state index contributed by atoms with van der Waals surface area (Å²) in [6.07, 6.45) is 1.55. The van der Waals surface area contributed by atoms with Gasteiger partial charge in [0.05, 0.1) is 6.04 Å². The summed E-state index contributed by atoms with van der Waals surface area (Å²) in [5.41, 5.74) is 4.23. The van der Waals surface area contributed by atoms with E-state index in [0.717, 1.165) is 24.3 Å². The number of carbonyl (C=O) groups is 1. The number of amides is 1. The summed E-state index contributed by atoms with van der Waals surface area (Å²) in [6, 6.07) is 16.3. The molecule has 1 saturated heterocycles. The molecule has 0 bridgehead atoms. The van der Waals surface area contributed by atoms with Crippen LogP contribution >= 0.6 is 12.2 Å². The first-order valence-electron chi connectivity index (χ1n) is 8.57. The van der Waals surface area contributed by atoms with Crippen LogP contribution in [0.2, 0.25) is 0 Å². The van der Waals surface area contributed by atoms with Crippen molar-refractivity contribution in [1.82, 2.24) is 5.32 Å². The lowest BCUT2D eigenvalue weighted by Gasteiger charge is -2.19. The second kappa shape index (κ2) is 7.66. The molecule has 1 atom stereocenters. The van der Waals surface area contributed by atoms with Crippen molar-refractivity contribution in [3.8, 4) is 0 Å². The Balaban J connectivity index is 1.62. The normalized spacial score (nSPS) is 15.1. The highest BCUT2D eigenvalue weighted by atomic mass is 32.1. The molecule has 2 aromatic rings. The summed E-state index contributed by atoms with van der Waals surface area (Å²) in [7, 11) is 0. The largest absolute Gasteiger partial charge is 0.356 e. The van der Waals surface area contributed by atoms with Gasteiger partial charge in [-0.1, -0.05) is 35.9 Å². The molecule has 0 radical (unpaired) electrons. The molecular formula is C20H23N3OS. The van der Waals surface area contributed by atoms with E-state index in [4.69, 9.17) is 12.2 Å². The molecule has 130 valence electrons. The van der Waals surface area contributed by atoms with Gasteiger partial charge in [0.2, 0.25) is 5.91 Å². The van der Waals surface area contributed by atoms with Crippen LogP contribution in [0.25, 0.3) is 0 Å². The van der Waals surface area contributed by atoms with Gasteiger partial charge in [-0.2, -0.15) is 0 Å². The van der Waals surface area contributed by atoms with Gasteiger partial charge in [0.15, 0.2) is 5.11 Å². The Morgan fingerprint density at radius 3 is 2.64 bits per heavy atom. The fourth-order valence-corrected chi connectivity index (χ4v) is 3.27. The Labute approximate surface area is 154 Å². The molecule has 2 N–H and O–H groups in total. The average Bonchev–Trinajstić information content (AvgIpc) is 3.01. The van der Waals surface area contributed by atoms with Gasteiger partial charge >= 0.3 is 0 Å². The minimum absolute atomic E-state index is 0.115. The molecule has 1 fully saturated rings. The van der Waals surface area contributed by atoms with E-state index in [2.05, 4.69) is 48.7 Å². The number of rotatable bonds is 4. The minimum atomic E-state index is 0.115. The summed E-state index contributed by atoms with van der Waals surface area (Å²) in [4.78, 5) is 13.7. The maximum Gasteiger partial charge on any atom is 0.227 e. The van der Waals surface area contributed by atoms with E-state index < -0.39 is 0 Å². The number of nitrogens with zero attached hydrogens (tertiary/aromatic N) is 1. The van der Waals surface area contributed by atoms with Crippen molar-refractivity contribution in [2.45, 2.75) is 32.7 Å². The molecule has 1 aliphatic heterocycles. The number of hydrogen-bond donors (Lipinski definition) is 2. The third-order valence-electron chi connectivity index (χ3n) is 4.41. The van der Waals surface area contributed by atoms with Crippen molar-refractivity contribution in [2.75, 3.05) is 16.8 Å². The smallest absolute Gasteiger partial charge is 0.227 e. The number of hydrogen-bond acceptors (Lipinski definition) is 2. The monoisotopic (exact) mass is 353 g/mol. The van der Waals surface area contributed by atoms with Crippen LogP contribution in [0.15, 0.2) is 48.5 Å². The van der Waals surface area contributed by atoms with Gasteiger partial charge in [0.25, 0.3) is 0 Å². The Bertz CT molecular complexity index is 773. The molecule has 0 unspecified atom stereocenters. The van der Waals surface area contributed by atoms with Crippen LogP contribution in [0, 0.1) is 6.92 Å². The molecule has 1 amide bonds. The van der Waals surface area contributed by atoms with Crippen molar-refractivity contribution in [3.05, 3.63) is 59.7 Å². The van der Waals surface area contributed by atoms with Crippen LogP contribution in [0.3, 0.4) is 0 Å². The van der Waals surface area contributed by atoms with Crippen molar-refractivity contribution >= 4 is 34.6 Å². The highest BCUT2D eigenvalue weighted by Crippen LogP contribution is 2.24. The second-order valence-electron chi connectivity index (χ2n) is 6.43. The first-order chi connectivity index (χ1) is 12.0. The Kier molecular flexibility index (Phi) is 5.34. The van der Waals surface area contributed by atoms with Crippen LogP contribution in [0.5, 0.6) is 0 Å². The highest BCUT2D eigenvalue weighted by Gasteiger charge is 2.21. The molecule has 3 rings (SSSR count). The van der Waals surface area contributed by atoms with E-state index >= 15 is 0 Å². The molecule has 0 saturated carbocycles. The van der Waals surface area contributed by atoms with Gasteiger partial charge in [0.1, 0.15) is 0 Å². The van der Waals surface area contributed by atoms with Gasteiger partial charge in [-0.3, -0.25) is 4.79 Å². The lowest BCUT2D eigenvalue weighted by molar-refractivity contribution is -0.117. The molecule has 25 heavy (non-hydrogen) atoms. The van der Waals surface area contributed by atoms with Gasteiger partial charge in [-0.15, -0.1) is 0 Å². The van der Waals surface area contributed by atoms with E-state index in [0.29, 0.717) is 11.5 Å². The third-order valence-corrected chi connectivity index (χ3v) is 4.63. The Hall–Kier alpha value is -2.40. The summed E-state index contributed by atoms with van der Waals surface area (Å²) in [5.74, 6) is 0.186. The zero-order valence-corrected chi connectivity index (χ0v) is 15.4. The first kappa shape index (κ1) is 17.4. The van der Waals surface area contributed by atoms with Crippen LogP contribution in [0.1, 0.15) is 36.9 Å². The van der Waals surface area contributed by atoms with Crippen LogP contribution in [-0.2, 0) is 4.79 Å². The van der Waals surface area contributed by atoms with Crippen molar-refractivity contribution < 1.29 is 4.79 Å². The molecule has 0 aromatic heterocycles. The number of thiocarbonyl (C=S) groups is 1. The van der Waals surface area contributed by atoms with Gasteiger partial charge < -0.3 is 15.5 Å². The zero-order valence-electron chi connectivity index (χ0n) is 14.6. The quantitative estimate of drug-likeness (QED) is 0.810. The summed E-state index contributed by atoms with van der Waals surface area (Å²) >= 11 is 5.44. The maximum absolute atomic E-state index is 11.9. The average molecular weight is 353 g/mol. The molecule has 0 aliphatic carbocycles. The zero-order chi connectivity index (χ0) is 17.8. The van der Waals surface area contributed by atoms with Gasteiger partial charge in [-0.05, 0) is 56.2 Å². The van der Waals surface area contributed by atoms with Crippen LogP contribution in [-0.4, -0.2) is 17.6 Å². The van der Waals surface area contributed by atoms with Crippen molar-refractivity contribution in [1.29, 1.82) is 0 Å². The fourth-order valence-electron chi connectivity index (χ4n) is 2.97. The number of benzene rings is 2. The number of aryl methyl sites for hydroxylation is 1. The lowest BCUT2D eigenvalue weighted by Crippen LogP contribution is -2.31. The van der Waals surface area contributed by atoms with E-state index in [1.54, 1.807) is 0 Å². The Morgan fingerprint density at radius 1 is 1.20 bits per heavy atom. The molecule has 1 aliphatic rings. The van der Waals surface area contributed by atoms with Gasteiger partial charge in [-0.25, -0.2) is 0 Å². The second-order valence-corrected chi connectivity index (χ2v) is 6.84. The molecule has 1 heterocycles. The van der Waals surface area contributed by atoms with Gasteiger partial charge in [0, 0.05) is 24.3 Å². The molecule has 0 spiro atoms. The van der Waals surface area contributed by atoms with Crippen LogP contribution in [0.4, 0.5) is 11.4 Å². The molecule has 2 aromatic carbocycles. The molecule has 4 nitrogen and oxygen atoms in total. The summed E-state index contributed by atoms with van der Waals surface area (Å²) in [6.45, 7) is 4.94.